The van der Waals surface area contributed by atoms with E-state index < -0.39 is 10.8 Å². The average molecular weight is 329 g/mol. The molecule has 1 rings (SSSR count). The van der Waals surface area contributed by atoms with Crippen LogP contribution < -0.4 is 5.32 Å². The molecule has 0 heterocycles. The molecule has 0 unspecified atom stereocenters. The van der Waals surface area contributed by atoms with E-state index in [1.165, 1.54) is 49.6 Å². The SMILES string of the molecule is CCCCCCCCNC(=O)C(C#N)=Cc1ccc([N+](=O)[O-])cc1. The Morgan fingerprint density at radius 3 is 2.42 bits per heavy atom. The molecule has 0 spiro atoms. The Morgan fingerprint density at radius 2 is 1.83 bits per heavy atom. The maximum Gasteiger partial charge on any atom is 0.269 e. The molecule has 0 saturated heterocycles. The minimum Gasteiger partial charge on any atom is -0.351 e. The van der Waals surface area contributed by atoms with Crippen LogP contribution in [0.2, 0.25) is 0 Å². The summed E-state index contributed by atoms with van der Waals surface area (Å²) in [6, 6.07) is 7.58. The summed E-state index contributed by atoms with van der Waals surface area (Å²) in [7, 11) is 0. The van der Waals surface area contributed by atoms with Gasteiger partial charge in [0.05, 0.1) is 4.92 Å². The topological polar surface area (TPSA) is 96.0 Å². The van der Waals surface area contributed by atoms with Crippen LogP contribution in [-0.2, 0) is 4.79 Å². The highest BCUT2D eigenvalue weighted by Crippen LogP contribution is 2.14. The van der Waals surface area contributed by atoms with E-state index in [1.54, 1.807) is 0 Å². The molecule has 0 aliphatic heterocycles. The van der Waals surface area contributed by atoms with Crippen molar-refractivity contribution in [3.05, 3.63) is 45.5 Å². The lowest BCUT2D eigenvalue weighted by molar-refractivity contribution is -0.384. The second-order valence-electron chi connectivity index (χ2n) is 5.54. The molecule has 6 heteroatoms. The monoisotopic (exact) mass is 329 g/mol. The second kappa shape index (κ2) is 10.9. The molecule has 0 fully saturated rings. The summed E-state index contributed by atoms with van der Waals surface area (Å²) in [4.78, 5) is 22.1. The van der Waals surface area contributed by atoms with E-state index in [2.05, 4.69) is 12.2 Å². The van der Waals surface area contributed by atoms with Crippen molar-refractivity contribution in [1.82, 2.24) is 5.32 Å². The number of hydrogen-bond acceptors (Lipinski definition) is 4. The number of carbonyl (C=O) groups is 1. The lowest BCUT2D eigenvalue weighted by Crippen LogP contribution is -2.25. The number of nitrogens with zero attached hydrogens (tertiary/aromatic N) is 2. The number of nitriles is 1. The lowest BCUT2D eigenvalue weighted by Gasteiger charge is -2.04. The summed E-state index contributed by atoms with van der Waals surface area (Å²) in [6.45, 7) is 2.71. The number of amides is 1. The second-order valence-corrected chi connectivity index (χ2v) is 5.54. The van der Waals surface area contributed by atoms with Gasteiger partial charge in [-0.15, -0.1) is 0 Å². The van der Waals surface area contributed by atoms with E-state index in [1.807, 2.05) is 6.07 Å². The molecule has 0 aromatic heterocycles. The van der Waals surface area contributed by atoms with Gasteiger partial charge in [-0.2, -0.15) is 5.26 Å². The van der Waals surface area contributed by atoms with E-state index in [0.717, 1.165) is 19.3 Å². The predicted octanol–water partition coefficient (Wildman–Crippen LogP) is 3.98. The zero-order chi connectivity index (χ0) is 17.8. The van der Waals surface area contributed by atoms with Crippen molar-refractivity contribution in [2.24, 2.45) is 0 Å². The van der Waals surface area contributed by atoms with E-state index in [0.29, 0.717) is 12.1 Å². The van der Waals surface area contributed by atoms with Crippen LogP contribution in [0.25, 0.3) is 6.08 Å². The average Bonchev–Trinajstić information content (AvgIpc) is 2.59. The molecule has 0 atom stereocenters. The van der Waals surface area contributed by atoms with E-state index in [4.69, 9.17) is 5.26 Å². The van der Waals surface area contributed by atoms with Crippen LogP contribution in [0, 0.1) is 21.4 Å². The summed E-state index contributed by atoms with van der Waals surface area (Å²) in [5, 5.41) is 22.5. The van der Waals surface area contributed by atoms with Crippen LogP contribution in [-0.4, -0.2) is 17.4 Å². The first-order valence-corrected chi connectivity index (χ1v) is 8.23. The molecule has 1 N–H and O–H groups in total. The summed E-state index contributed by atoms with van der Waals surface area (Å²) in [6.07, 6.45) is 8.21. The minimum atomic E-state index is -0.494. The molecule has 6 nitrogen and oxygen atoms in total. The van der Waals surface area contributed by atoms with Crippen LogP contribution >= 0.6 is 0 Å². The molecule has 0 aliphatic carbocycles. The van der Waals surface area contributed by atoms with Gasteiger partial charge in [-0.25, -0.2) is 0 Å². The van der Waals surface area contributed by atoms with Crippen LogP contribution in [0.4, 0.5) is 5.69 Å². The molecule has 0 bridgehead atoms. The van der Waals surface area contributed by atoms with Crippen molar-refractivity contribution < 1.29 is 9.72 Å². The van der Waals surface area contributed by atoms with Gasteiger partial charge >= 0.3 is 0 Å². The lowest BCUT2D eigenvalue weighted by atomic mass is 10.1. The summed E-state index contributed by atoms with van der Waals surface area (Å²) in [5.74, 6) is -0.413. The summed E-state index contributed by atoms with van der Waals surface area (Å²) >= 11 is 0. The number of unbranched alkanes of at least 4 members (excludes halogenated alkanes) is 5. The fraction of sp³-hybridized carbons (Fsp3) is 0.444. The molecule has 0 aliphatic rings. The van der Waals surface area contributed by atoms with Crippen LogP contribution in [0.5, 0.6) is 0 Å². The van der Waals surface area contributed by atoms with Crippen LogP contribution in [0.15, 0.2) is 29.8 Å². The fourth-order valence-corrected chi connectivity index (χ4v) is 2.21. The molecule has 1 aromatic rings. The zero-order valence-corrected chi connectivity index (χ0v) is 14.0. The number of carbonyl (C=O) groups excluding carboxylic acids is 1. The first kappa shape index (κ1) is 19.4. The number of nitrogens with one attached hydrogen (secondary N) is 1. The zero-order valence-electron chi connectivity index (χ0n) is 14.0. The van der Waals surface area contributed by atoms with Crippen molar-refractivity contribution in [2.75, 3.05) is 6.54 Å². The molecular weight excluding hydrogens is 306 g/mol. The summed E-state index contributed by atoms with van der Waals surface area (Å²) < 4.78 is 0. The molecule has 0 radical (unpaired) electrons. The normalized spacial score (nSPS) is 10.9. The van der Waals surface area contributed by atoms with Crippen LogP contribution in [0.1, 0.15) is 51.0 Å². The fourth-order valence-electron chi connectivity index (χ4n) is 2.21. The molecule has 128 valence electrons. The highest BCUT2D eigenvalue weighted by molar-refractivity contribution is 6.01. The van der Waals surface area contributed by atoms with Gasteiger partial charge in [0.25, 0.3) is 11.6 Å². The number of rotatable bonds is 10. The van der Waals surface area contributed by atoms with E-state index >= 15 is 0 Å². The maximum absolute atomic E-state index is 12.0. The molecule has 24 heavy (non-hydrogen) atoms. The smallest absolute Gasteiger partial charge is 0.269 e. The first-order valence-electron chi connectivity index (χ1n) is 8.23. The summed E-state index contributed by atoms with van der Waals surface area (Å²) in [5.41, 5.74) is 0.542. The third-order valence-corrected chi connectivity index (χ3v) is 3.60. The van der Waals surface area contributed by atoms with Gasteiger partial charge < -0.3 is 5.32 Å². The van der Waals surface area contributed by atoms with Gasteiger partial charge in [0.1, 0.15) is 11.6 Å². The third kappa shape index (κ3) is 7.05. The Bertz CT molecular complexity index is 615. The predicted molar refractivity (Wildman–Crippen MR) is 93.1 cm³/mol. The van der Waals surface area contributed by atoms with E-state index in [-0.39, 0.29) is 11.3 Å². The Kier molecular flexibility index (Phi) is 8.84. The number of non-ortho nitro benzene ring substituents is 1. The van der Waals surface area contributed by atoms with Crippen molar-refractivity contribution >= 4 is 17.7 Å². The van der Waals surface area contributed by atoms with Gasteiger partial charge in [-0.05, 0) is 30.2 Å². The number of benzene rings is 1. The number of nitro benzene ring substituents is 1. The van der Waals surface area contributed by atoms with Crippen molar-refractivity contribution in [1.29, 1.82) is 5.26 Å². The molecule has 1 aromatic carbocycles. The van der Waals surface area contributed by atoms with Crippen LogP contribution in [0.3, 0.4) is 0 Å². The molecular formula is C18H23N3O3. The Hall–Kier alpha value is -2.68. The van der Waals surface area contributed by atoms with Crippen molar-refractivity contribution in [2.45, 2.75) is 45.4 Å². The minimum absolute atomic E-state index is 0.00478. The van der Waals surface area contributed by atoms with Gasteiger partial charge in [0.15, 0.2) is 0 Å². The first-order chi connectivity index (χ1) is 11.6. The van der Waals surface area contributed by atoms with Gasteiger partial charge in [-0.1, -0.05) is 39.0 Å². The molecule has 0 saturated carbocycles. The number of nitro groups is 1. The third-order valence-electron chi connectivity index (χ3n) is 3.60. The van der Waals surface area contributed by atoms with Crippen molar-refractivity contribution in [3.8, 4) is 6.07 Å². The Morgan fingerprint density at radius 1 is 1.21 bits per heavy atom. The Balaban J connectivity index is 2.48. The number of hydrogen-bond donors (Lipinski definition) is 1. The van der Waals surface area contributed by atoms with Crippen molar-refractivity contribution in [3.63, 3.8) is 0 Å². The van der Waals surface area contributed by atoms with Gasteiger partial charge in [0.2, 0.25) is 0 Å². The van der Waals surface area contributed by atoms with Gasteiger partial charge in [0, 0.05) is 18.7 Å². The maximum atomic E-state index is 12.0. The van der Waals surface area contributed by atoms with Gasteiger partial charge in [-0.3, -0.25) is 14.9 Å². The quantitative estimate of drug-likeness (QED) is 0.231. The molecule has 1 amide bonds. The Labute approximate surface area is 142 Å². The largest absolute Gasteiger partial charge is 0.351 e. The highest BCUT2D eigenvalue weighted by Gasteiger charge is 2.09. The standard InChI is InChI=1S/C18H23N3O3/c1-2-3-4-5-6-7-12-20-18(22)16(14-19)13-15-8-10-17(11-9-15)21(23)24/h8-11,13H,2-7,12H2,1H3,(H,20,22). The highest BCUT2D eigenvalue weighted by atomic mass is 16.6. The van der Waals surface area contributed by atoms with E-state index in [9.17, 15) is 14.9 Å².